The number of hydrogen-bond donors (Lipinski definition) is 0. The summed E-state index contributed by atoms with van der Waals surface area (Å²) in [6, 6.07) is 13.3. The van der Waals surface area contributed by atoms with E-state index in [1.54, 1.807) is 19.2 Å². The fourth-order valence-corrected chi connectivity index (χ4v) is 6.94. The Hall–Kier alpha value is -2.12. The topological polar surface area (TPSA) is 59.1 Å². The van der Waals surface area contributed by atoms with Crippen LogP contribution in [-0.4, -0.2) is 67.6 Å². The van der Waals surface area contributed by atoms with Crippen LogP contribution in [0.25, 0.3) is 0 Å². The van der Waals surface area contributed by atoms with Crippen molar-refractivity contribution in [2.75, 3.05) is 33.8 Å². The van der Waals surface area contributed by atoms with Crippen LogP contribution >= 0.6 is 23.2 Å². The zero-order valence-corrected chi connectivity index (χ0v) is 25.1. The number of benzene rings is 2. The van der Waals surface area contributed by atoms with Crippen molar-refractivity contribution >= 4 is 35.1 Å². The van der Waals surface area contributed by atoms with E-state index < -0.39 is 0 Å². The molecule has 2 aromatic carbocycles. The minimum atomic E-state index is -0.336. The second-order valence-electron chi connectivity index (χ2n) is 11.6. The van der Waals surface area contributed by atoms with Crippen molar-refractivity contribution in [3.8, 4) is 5.75 Å². The van der Waals surface area contributed by atoms with Gasteiger partial charge < -0.3 is 19.3 Å². The molecule has 0 aromatic heterocycles. The Morgan fingerprint density at radius 1 is 1.15 bits per heavy atom. The fraction of sp³-hybridized carbons (Fsp3) is 0.548. The molecular weight excluding hydrogens is 535 g/mol. The van der Waals surface area contributed by atoms with Crippen molar-refractivity contribution < 1.29 is 19.1 Å². The number of amides is 1. The highest BCUT2D eigenvalue weighted by atomic mass is 35.5. The summed E-state index contributed by atoms with van der Waals surface area (Å²) in [5.74, 6) is 0.852. The zero-order valence-electron chi connectivity index (χ0n) is 23.6. The molecule has 1 saturated heterocycles. The van der Waals surface area contributed by atoms with Crippen LogP contribution in [0.1, 0.15) is 51.2 Å². The average molecular weight is 576 g/mol. The smallest absolute Gasteiger partial charge is 0.308 e. The molecule has 2 aliphatic rings. The van der Waals surface area contributed by atoms with Crippen LogP contribution in [0.4, 0.5) is 0 Å². The summed E-state index contributed by atoms with van der Waals surface area (Å²) in [5, 5.41) is 0.934. The molecule has 0 N–H and O–H groups in total. The largest absolute Gasteiger partial charge is 0.427 e. The molecule has 1 saturated carbocycles. The van der Waals surface area contributed by atoms with Gasteiger partial charge in [0.1, 0.15) is 5.75 Å². The molecule has 1 heterocycles. The van der Waals surface area contributed by atoms with E-state index in [2.05, 4.69) is 36.8 Å². The first-order chi connectivity index (χ1) is 18.5. The van der Waals surface area contributed by atoms with Gasteiger partial charge in [-0.05, 0) is 74.2 Å². The molecule has 0 bridgehead atoms. The molecule has 1 amide bonds. The van der Waals surface area contributed by atoms with Crippen molar-refractivity contribution in [2.45, 2.75) is 64.0 Å². The van der Waals surface area contributed by atoms with Crippen LogP contribution in [-0.2, 0) is 26.2 Å². The van der Waals surface area contributed by atoms with Gasteiger partial charge in [0.2, 0.25) is 5.91 Å². The first kappa shape index (κ1) is 29.9. The van der Waals surface area contributed by atoms with Gasteiger partial charge in [-0.25, -0.2) is 0 Å². The molecular formula is C31H40Cl2N2O4. The first-order valence-electron chi connectivity index (χ1n) is 13.8. The molecule has 8 heteroatoms. The summed E-state index contributed by atoms with van der Waals surface area (Å²) in [5.41, 5.74) is 1.78. The third-order valence-corrected chi connectivity index (χ3v) is 9.09. The van der Waals surface area contributed by atoms with E-state index in [0.29, 0.717) is 28.3 Å². The lowest BCUT2D eigenvalue weighted by molar-refractivity contribution is -0.140. The number of hydrogen-bond acceptors (Lipinski definition) is 5. The van der Waals surface area contributed by atoms with E-state index in [0.717, 1.165) is 43.5 Å². The van der Waals surface area contributed by atoms with Gasteiger partial charge in [-0.2, -0.15) is 0 Å². The molecule has 2 aromatic rings. The minimum absolute atomic E-state index is 0.00431. The van der Waals surface area contributed by atoms with Crippen LogP contribution < -0.4 is 4.74 Å². The molecule has 4 rings (SSSR count). The van der Waals surface area contributed by atoms with E-state index in [9.17, 15) is 9.59 Å². The molecule has 212 valence electrons. The highest BCUT2D eigenvalue weighted by molar-refractivity contribution is 6.42. The number of carbonyl (C=O) groups is 2. The van der Waals surface area contributed by atoms with Gasteiger partial charge in [-0.15, -0.1) is 0 Å². The first-order valence-corrected chi connectivity index (χ1v) is 14.5. The van der Waals surface area contributed by atoms with E-state index in [1.807, 2.05) is 24.3 Å². The van der Waals surface area contributed by atoms with Crippen LogP contribution in [0.5, 0.6) is 5.75 Å². The highest BCUT2D eigenvalue weighted by Gasteiger charge is 2.53. The van der Waals surface area contributed by atoms with E-state index in [1.165, 1.54) is 6.92 Å². The molecule has 0 spiro atoms. The number of rotatable bonds is 8. The van der Waals surface area contributed by atoms with Gasteiger partial charge in [0.15, 0.2) is 0 Å². The lowest BCUT2D eigenvalue weighted by Crippen LogP contribution is -2.61. The quantitative estimate of drug-likeness (QED) is 0.285. The molecule has 4 atom stereocenters. The maximum Gasteiger partial charge on any atom is 0.308 e. The predicted octanol–water partition coefficient (Wildman–Crippen LogP) is 6.01. The average Bonchev–Trinajstić information content (AvgIpc) is 2.88. The van der Waals surface area contributed by atoms with Gasteiger partial charge in [0.05, 0.1) is 22.6 Å². The standard InChI is InChI=1S/C31H40Cl2N2O4/c1-20(2)18-35(30(37)14-22-9-10-27(32)28(33)13-22)24-16-29(38-5)26-19-34(4)12-11-31(26,17-24)23-7-6-8-25(15-23)39-21(3)36/h6-10,13,15,20,24,26,29H,11-12,14,16-19H2,1-5H3. The number of ether oxygens (including phenoxy) is 2. The number of likely N-dealkylation sites (tertiary alicyclic amines) is 1. The van der Waals surface area contributed by atoms with E-state index in [4.69, 9.17) is 32.7 Å². The number of fused-ring (bicyclic) bond motifs is 1. The number of piperidine rings is 1. The molecule has 1 aliphatic heterocycles. The molecule has 2 fully saturated rings. The molecule has 1 aliphatic carbocycles. The number of halogens is 2. The maximum absolute atomic E-state index is 13.9. The Kier molecular flexibility index (Phi) is 9.64. The fourth-order valence-electron chi connectivity index (χ4n) is 6.62. The van der Waals surface area contributed by atoms with Crippen molar-refractivity contribution in [1.29, 1.82) is 0 Å². The van der Waals surface area contributed by atoms with Gasteiger partial charge in [-0.3, -0.25) is 9.59 Å². The SMILES string of the molecule is COC1CC(N(CC(C)C)C(=O)Cc2ccc(Cl)c(Cl)c2)CC2(c3cccc(OC(C)=O)c3)CCN(C)CC12. The summed E-state index contributed by atoms with van der Waals surface area (Å²) in [4.78, 5) is 30.1. The lowest BCUT2D eigenvalue weighted by Gasteiger charge is -2.56. The van der Waals surface area contributed by atoms with Gasteiger partial charge in [-0.1, -0.05) is 55.2 Å². The molecule has 4 unspecified atom stereocenters. The van der Waals surface area contributed by atoms with Crippen molar-refractivity contribution in [3.05, 3.63) is 63.6 Å². The lowest BCUT2D eigenvalue weighted by atomic mass is 9.56. The third kappa shape index (κ3) is 6.79. The monoisotopic (exact) mass is 574 g/mol. The van der Waals surface area contributed by atoms with Gasteiger partial charge >= 0.3 is 5.97 Å². The van der Waals surface area contributed by atoms with Crippen molar-refractivity contribution in [2.24, 2.45) is 11.8 Å². The van der Waals surface area contributed by atoms with Crippen molar-refractivity contribution in [3.63, 3.8) is 0 Å². The van der Waals surface area contributed by atoms with Gasteiger partial charge in [0.25, 0.3) is 0 Å². The third-order valence-electron chi connectivity index (χ3n) is 8.35. The summed E-state index contributed by atoms with van der Waals surface area (Å²) in [6.07, 6.45) is 2.79. The van der Waals surface area contributed by atoms with Crippen LogP contribution in [0.2, 0.25) is 10.0 Å². The predicted molar refractivity (Wildman–Crippen MR) is 156 cm³/mol. The van der Waals surface area contributed by atoms with E-state index in [-0.39, 0.29) is 41.8 Å². The number of esters is 1. The number of methoxy groups -OCH3 is 1. The summed E-state index contributed by atoms with van der Waals surface area (Å²) < 4.78 is 11.7. The zero-order chi connectivity index (χ0) is 28.3. The maximum atomic E-state index is 13.9. The Balaban J connectivity index is 1.72. The summed E-state index contributed by atoms with van der Waals surface area (Å²) in [6.45, 7) is 8.22. The minimum Gasteiger partial charge on any atom is -0.427 e. The van der Waals surface area contributed by atoms with Gasteiger partial charge in [0, 0.05) is 44.5 Å². The van der Waals surface area contributed by atoms with Crippen LogP contribution in [0, 0.1) is 11.8 Å². The Morgan fingerprint density at radius 3 is 2.59 bits per heavy atom. The Morgan fingerprint density at radius 2 is 1.92 bits per heavy atom. The normalized spacial score (nSPS) is 25.3. The Labute approximate surface area is 242 Å². The summed E-state index contributed by atoms with van der Waals surface area (Å²) >= 11 is 12.4. The molecule has 0 radical (unpaired) electrons. The van der Waals surface area contributed by atoms with Crippen LogP contribution in [0.15, 0.2) is 42.5 Å². The van der Waals surface area contributed by atoms with E-state index >= 15 is 0 Å². The Bertz CT molecular complexity index is 1190. The number of nitrogens with zero attached hydrogens (tertiary/aromatic N) is 2. The highest BCUT2D eigenvalue weighted by Crippen LogP contribution is 2.51. The second-order valence-corrected chi connectivity index (χ2v) is 12.4. The number of carbonyl (C=O) groups excluding carboxylic acids is 2. The van der Waals surface area contributed by atoms with Crippen molar-refractivity contribution in [1.82, 2.24) is 9.80 Å². The summed E-state index contributed by atoms with van der Waals surface area (Å²) in [7, 11) is 3.94. The molecule has 39 heavy (non-hydrogen) atoms. The molecule has 6 nitrogen and oxygen atoms in total. The second kappa shape index (κ2) is 12.6. The van der Waals surface area contributed by atoms with Crippen LogP contribution in [0.3, 0.4) is 0 Å².